The first kappa shape index (κ1) is 16.1. The summed E-state index contributed by atoms with van der Waals surface area (Å²) in [5.41, 5.74) is 6.18. The van der Waals surface area contributed by atoms with E-state index >= 15 is 0 Å². The maximum atomic E-state index is 12.9. The predicted octanol–water partition coefficient (Wildman–Crippen LogP) is 2.48. The Morgan fingerprint density at radius 2 is 1.95 bits per heavy atom. The van der Waals surface area contributed by atoms with Crippen LogP contribution in [0.1, 0.15) is 32.6 Å². The van der Waals surface area contributed by atoms with Crippen LogP contribution in [0.2, 0.25) is 0 Å². The van der Waals surface area contributed by atoms with E-state index in [2.05, 4.69) is 6.92 Å². The number of nitrogens with zero attached hydrogens (tertiary/aromatic N) is 1. The van der Waals surface area contributed by atoms with Crippen LogP contribution in [0.3, 0.4) is 0 Å². The molecule has 1 aliphatic carbocycles. The van der Waals surface area contributed by atoms with Gasteiger partial charge in [-0.2, -0.15) is 4.31 Å². The number of sulfonamides is 1. The topological polar surface area (TPSA) is 72.6 Å². The van der Waals surface area contributed by atoms with Gasteiger partial charge in [0.05, 0.1) is 7.11 Å². The number of nitrogens with two attached hydrogens (primary N) is 1. The van der Waals surface area contributed by atoms with E-state index in [0.29, 0.717) is 17.4 Å². The number of anilines is 1. The summed E-state index contributed by atoms with van der Waals surface area (Å²) in [6.45, 7) is 2.12. The molecule has 1 aromatic carbocycles. The molecule has 0 radical (unpaired) electrons. The maximum Gasteiger partial charge on any atom is 0.246 e. The molecule has 21 heavy (non-hydrogen) atoms. The molecule has 6 heteroatoms. The molecule has 0 amide bonds. The highest BCUT2D eigenvalue weighted by molar-refractivity contribution is 7.89. The van der Waals surface area contributed by atoms with Crippen LogP contribution in [-0.4, -0.2) is 32.9 Å². The van der Waals surface area contributed by atoms with Gasteiger partial charge < -0.3 is 10.5 Å². The number of ether oxygens (including phenoxy) is 1. The van der Waals surface area contributed by atoms with Gasteiger partial charge in [0, 0.05) is 24.8 Å². The SMILES string of the molecule is COc1cc(N)ccc1S(=O)(=O)N(C)C1CCCCC1C. The molecule has 2 atom stereocenters. The number of nitrogen functional groups attached to an aromatic ring is 1. The van der Waals surface area contributed by atoms with Crippen LogP contribution in [-0.2, 0) is 10.0 Å². The molecular formula is C15H24N2O3S. The second kappa shape index (κ2) is 6.23. The Hall–Kier alpha value is -1.27. The van der Waals surface area contributed by atoms with Crippen LogP contribution >= 0.6 is 0 Å². The van der Waals surface area contributed by atoms with Crippen molar-refractivity contribution in [3.8, 4) is 5.75 Å². The second-order valence-electron chi connectivity index (χ2n) is 5.76. The summed E-state index contributed by atoms with van der Waals surface area (Å²) >= 11 is 0. The zero-order chi connectivity index (χ0) is 15.6. The van der Waals surface area contributed by atoms with Crippen molar-refractivity contribution < 1.29 is 13.2 Å². The van der Waals surface area contributed by atoms with Crippen molar-refractivity contribution in [2.75, 3.05) is 19.9 Å². The fraction of sp³-hybridized carbons (Fsp3) is 0.600. The minimum Gasteiger partial charge on any atom is -0.495 e. The lowest BCUT2D eigenvalue weighted by atomic mass is 9.86. The minimum absolute atomic E-state index is 0.0472. The molecule has 1 aliphatic rings. The Morgan fingerprint density at radius 1 is 1.29 bits per heavy atom. The van der Waals surface area contributed by atoms with E-state index in [1.807, 2.05) is 0 Å². The van der Waals surface area contributed by atoms with Gasteiger partial charge in [-0.15, -0.1) is 0 Å². The average molecular weight is 312 g/mol. The third kappa shape index (κ3) is 3.16. The van der Waals surface area contributed by atoms with Gasteiger partial charge in [-0.1, -0.05) is 19.8 Å². The number of methoxy groups -OCH3 is 1. The van der Waals surface area contributed by atoms with Crippen LogP contribution in [0, 0.1) is 5.92 Å². The lowest BCUT2D eigenvalue weighted by molar-refractivity contribution is 0.213. The molecule has 0 heterocycles. The van der Waals surface area contributed by atoms with E-state index in [4.69, 9.17) is 10.5 Å². The Kier molecular flexibility index (Phi) is 4.78. The van der Waals surface area contributed by atoms with Crippen molar-refractivity contribution in [3.63, 3.8) is 0 Å². The highest BCUT2D eigenvalue weighted by Crippen LogP contribution is 2.34. The highest BCUT2D eigenvalue weighted by Gasteiger charge is 2.34. The molecule has 1 aromatic rings. The molecule has 2 rings (SSSR count). The first-order valence-electron chi connectivity index (χ1n) is 7.29. The quantitative estimate of drug-likeness (QED) is 0.867. The van der Waals surface area contributed by atoms with Gasteiger partial charge >= 0.3 is 0 Å². The van der Waals surface area contributed by atoms with Crippen LogP contribution in [0.15, 0.2) is 23.1 Å². The van der Waals surface area contributed by atoms with E-state index in [-0.39, 0.29) is 10.9 Å². The molecule has 5 nitrogen and oxygen atoms in total. The van der Waals surface area contributed by atoms with E-state index in [9.17, 15) is 8.42 Å². The Morgan fingerprint density at radius 3 is 2.57 bits per heavy atom. The van der Waals surface area contributed by atoms with E-state index in [0.717, 1.165) is 19.3 Å². The van der Waals surface area contributed by atoms with E-state index in [1.54, 1.807) is 19.2 Å². The van der Waals surface area contributed by atoms with Gasteiger partial charge in [0.1, 0.15) is 10.6 Å². The van der Waals surface area contributed by atoms with Crippen LogP contribution in [0.5, 0.6) is 5.75 Å². The Labute approximate surface area is 127 Å². The zero-order valence-electron chi connectivity index (χ0n) is 12.9. The minimum atomic E-state index is -3.58. The normalized spacial score (nSPS) is 23.2. The van der Waals surface area contributed by atoms with Gasteiger partial charge in [-0.05, 0) is 30.9 Å². The molecule has 118 valence electrons. The number of hydrogen-bond donors (Lipinski definition) is 1. The largest absolute Gasteiger partial charge is 0.495 e. The average Bonchev–Trinajstić information content (AvgIpc) is 2.46. The third-order valence-corrected chi connectivity index (χ3v) is 6.30. The van der Waals surface area contributed by atoms with Gasteiger partial charge in [-0.3, -0.25) is 0 Å². The monoisotopic (exact) mass is 312 g/mol. The highest BCUT2D eigenvalue weighted by atomic mass is 32.2. The molecule has 0 aliphatic heterocycles. The summed E-state index contributed by atoms with van der Waals surface area (Å²) in [5.74, 6) is 0.670. The first-order chi connectivity index (χ1) is 9.87. The number of hydrogen-bond acceptors (Lipinski definition) is 4. The molecule has 2 unspecified atom stereocenters. The first-order valence-corrected chi connectivity index (χ1v) is 8.73. The lowest BCUT2D eigenvalue weighted by Crippen LogP contribution is -2.42. The molecule has 0 aromatic heterocycles. The summed E-state index contributed by atoms with van der Waals surface area (Å²) in [6, 6.07) is 4.71. The zero-order valence-corrected chi connectivity index (χ0v) is 13.7. The van der Waals surface area contributed by atoms with Crippen LogP contribution in [0.4, 0.5) is 5.69 Å². The van der Waals surface area contributed by atoms with Crippen molar-refractivity contribution in [1.82, 2.24) is 4.31 Å². The lowest BCUT2D eigenvalue weighted by Gasteiger charge is -2.35. The fourth-order valence-electron chi connectivity index (χ4n) is 3.07. The Bertz CT molecular complexity index is 601. The fourth-order valence-corrected chi connectivity index (χ4v) is 4.68. The standard InChI is InChI=1S/C15H24N2O3S/c1-11-6-4-5-7-13(11)17(2)21(18,19)15-9-8-12(16)10-14(15)20-3/h8-11,13H,4-7,16H2,1-3H3. The summed E-state index contributed by atoms with van der Waals surface area (Å²) in [5, 5.41) is 0. The van der Waals surface area contributed by atoms with Crippen molar-refractivity contribution >= 4 is 15.7 Å². The maximum absolute atomic E-state index is 12.9. The predicted molar refractivity (Wildman–Crippen MR) is 83.8 cm³/mol. The summed E-state index contributed by atoms with van der Waals surface area (Å²) in [6.07, 6.45) is 4.24. The van der Waals surface area contributed by atoms with Crippen molar-refractivity contribution in [2.24, 2.45) is 5.92 Å². The van der Waals surface area contributed by atoms with E-state index < -0.39 is 10.0 Å². The molecule has 0 saturated heterocycles. The van der Waals surface area contributed by atoms with Crippen LogP contribution in [0.25, 0.3) is 0 Å². The Balaban J connectivity index is 2.37. The number of rotatable bonds is 4. The molecule has 1 saturated carbocycles. The van der Waals surface area contributed by atoms with Gasteiger partial charge in [-0.25, -0.2) is 8.42 Å². The van der Waals surface area contributed by atoms with E-state index in [1.165, 1.54) is 23.9 Å². The summed E-state index contributed by atoms with van der Waals surface area (Å²) in [7, 11) is -0.459. The van der Waals surface area contributed by atoms with Gasteiger partial charge in [0.2, 0.25) is 10.0 Å². The molecular weight excluding hydrogens is 288 g/mol. The van der Waals surface area contributed by atoms with Gasteiger partial charge in [0.15, 0.2) is 0 Å². The van der Waals surface area contributed by atoms with Gasteiger partial charge in [0.25, 0.3) is 0 Å². The van der Waals surface area contributed by atoms with Crippen molar-refractivity contribution in [2.45, 2.75) is 43.5 Å². The van der Waals surface area contributed by atoms with Crippen LogP contribution < -0.4 is 10.5 Å². The molecule has 0 spiro atoms. The van der Waals surface area contributed by atoms with Crippen molar-refractivity contribution in [1.29, 1.82) is 0 Å². The smallest absolute Gasteiger partial charge is 0.246 e. The van der Waals surface area contributed by atoms with Crippen molar-refractivity contribution in [3.05, 3.63) is 18.2 Å². The third-order valence-electron chi connectivity index (χ3n) is 4.38. The molecule has 1 fully saturated rings. The summed E-state index contributed by atoms with van der Waals surface area (Å²) < 4.78 is 32.4. The second-order valence-corrected chi connectivity index (χ2v) is 7.73. The number of benzene rings is 1. The molecule has 0 bridgehead atoms. The molecule has 2 N–H and O–H groups in total. The summed E-state index contributed by atoms with van der Waals surface area (Å²) in [4.78, 5) is 0.180.